The van der Waals surface area contributed by atoms with Gasteiger partial charge in [0.2, 0.25) is 11.8 Å². The van der Waals surface area contributed by atoms with Gasteiger partial charge in [-0.3, -0.25) is 14.4 Å². The lowest BCUT2D eigenvalue weighted by molar-refractivity contribution is -0.144. The maximum absolute atomic E-state index is 12.7. The van der Waals surface area contributed by atoms with Crippen molar-refractivity contribution in [2.75, 3.05) is 32.8 Å². The molecule has 2 fully saturated rings. The van der Waals surface area contributed by atoms with Gasteiger partial charge in [-0.1, -0.05) is 18.9 Å². The Morgan fingerprint density at radius 1 is 1.04 bits per heavy atom. The molecule has 0 bridgehead atoms. The monoisotopic (exact) mass is 375 g/mol. The molecule has 0 unspecified atom stereocenters. The molecule has 0 radical (unpaired) electrons. The van der Waals surface area contributed by atoms with E-state index < -0.39 is 0 Å². The van der Waals surface area contributed by atoms with E-state index in [1.54, 1.807) is 23.2 Å². The lowest BCUT2D eigenvalue weighted by Crippen LogP contribution is -2.51. The molecule has 2 aliphatic heterocycles. The van der Waals surface area contributed by atoms with Crippen LogP contribution in [-0.2, 0) is 20.9 Å². The molecule has 27 heavy (non-hydrogen) atoms. The lowest BCUT2D eigenvalue weighted by atomic mass is 10.1. The van der Waals surface area contributed by atoms with Crippen molar-refractivity contribution in [3.05, 3.63) is 34.7 Å². The Kier molecular flexibility index (Phi) is 7.04. The first-order valence-electron chi connectivity index (χ1n) is 9.95. The number of rotatable bonds is 5. The fourth-order valence-corrected chi connectivity index (χ4v) is 3.81. The van der Waals surface area contributed by atoms with E-state index in [9.17, 15) is 14.4 Å². The number of amides is 2. The third kappa shape index (κ3) is 5.42. The normalized spacial score (nSPS) is 21.0. The van der Waals surface area contributed by atoms with E-state index in [0.29, 0.717) is 32.7 Å². The molecule has 2 aliphatic rings. The van der Waals surface area contributed by atoms with Crippen LogP contribution in [0.2, 0.25) is 0 Å². The second-order valence-electron chi connectivity index (χ2n) is 7.30. The van der Waals surface area contributed by atoms with Crippen molar-refractivity contribution in [1.82, 2.24) is 14.4 Å². The fourth-order valence-electron chi connectivity index (χ4n) is 3.81. The van der Waals surface area contributed by atoms with Gasteiger partial charge in [-0.05, 0) is 18.9 Å². The van der Waals surface area contributed by atoms with Crippen molar-refractivity contribution in [1.29, 1.82) is 0 Å². The molecule has 7 heteroatoms. The molecule has 3 heterocycles. The quantitative estimate of drug-likeness (QED) is 0.777. The maximum atomic E-state index is 12.7. The first kappa shape index (κ1) is 19.6. The summed E-state index contributed by atoms with van der Waals surface area (Å²) in [5.74, 6) is 0.0900. The van der Waals surface area contributed by atoms with Crippen LogP contribution in [0.1, 0.15) is 38.5 Å². The zero-order valence-corrected chi connectivity index (χ0v) is 15.8. The van der Waals surface area contributed by atoms with Gasteiger partial charge in [-0.25, -0.2) is 0 Å². The molecule has 1 aromatic rings. The minimum atomic E-state index is -0.213. The van der Waals surface area contributed by atoms with Crippen molar-refractivity contribution in [2.45, 2.75) is 51.1 Å². The number of pyridine rings is 1. The second kappa shape index (κ2) is 9.69. The highest BCUT2D eigenvalue weighted by Crippen LogP contribution is 2.16. The Morgan fingerprint density at radius 3 is 2.56 bits per heavy atom. The summed E-state index contributed by atoms with van der Waals surface area (Å²) in [6, 6.07) is 4.74. The van der Waals surface area contributed by atoms with Gasteiger partial charge in [0.1, 0.15) is 0 Å². The highest BCUT2D eigenvalue weighted by Gasteiger charge is 2.30. The van der Waals surface area contributed by atoms with E-state index in [0.717, 1.165) is 25.9 Å². The van der Waals surface area contributed by atoms with Gasteiger partial charge in [-0.2, -0.15) is 0 Å². The number of carbonyl (C=O) groups excluding carboxylic acids is 2. The number of hydrogen-bond acceptors (Lipinski definition) is 4. The molecular formula is C20H29N3O4. The first-order chi connectivity index (χ1) is 13.1. The Hall–Kier alpha value is -2.15. The topological polar surface area (TPSA) is 71.8 Å². The summed E-state index contributed by atoms with van der Waals surface area (Å²) in [5.41, 5.74) is -0.111. The van der Waals surface area contributed by atoms with Gasteiger partial charge >= 0.3 is 0 Å². The average molecular weight is 375 g/mol. The van der Waals surface area contributed by atoms with Crippen molar-refractivity contribution < 1.29 is 14.3 Å². The molecule has 0 aliphatic carbocycles. The number of morpholine rings is 1. The van der Waals surface area contributed by atoms with Gasteiger partial charge in [0.15, 0.2) is 0 Å². The van der Waals surface area contributed by atoms with Gasteiger partial charge in [-0.15, -0.1) is 0 Å². The van der Waals surface area contributed by atoms with Crippen molar-refractivity contribution >= 4 is 11.8 Å². The molecule has 7 nitrogen and oxygen atoms in total. The highest BCUT2D eigenvalue weighted by atomic mass is 16.5. The van der Waals surface area contributed by atoms with Gasteiger partial charge < -0.3 is 19.1 Å². The Labute approximate surface area is 159 Å². The Bertz CT molecular complexity index is 694. The number of carbonyl (C=O) groups is 2. The standard InChI is InChI=1S/C20H29N3O4/c24-18-7-3-6-11-22(18)12-8-19(25)23-13-14-27-16-17(23)15-20(26)21-9-4-1-2-5-10-21/h3,6-7,11,17H,1-2,4-5,8-10,12-16H2/t17-/m1/s1. The van der Waals surface area contributed by atoms with Crippen LogP contribution in [0, 0.1) is 0 Å². The van der Waals surface area contributed by atoms with Crippen LogP contribution in [0.4, 0.5) is 0 Å². The summed E-state index contributed by atoms with van der Waals surface area (Å²) in [6.45, 7) is 3.37. The Morgan fingerprint density at radius 2 is 1.81 bits per heavy atom. The number of nitrogens with zero attached hydrogens (tertiary/aromatic N) is 3. The SMILES string of the molecule is O=C(C[C@@H]1COCCN1C(=O)CCn1ccccc1=O)N1CCCCCC1. The van der Waals surface area contributed by atoms with Gasteiger partial charge in [0, 0.05) is 51.3 Å². The van der Waals surface area contributed by atoms with Crippen LogP contribution < -0.4 is 5.56 Å². The zero-order chi connectivity index (χ0) is 19.1. The third-order valence-corrected chi connectivity index (χ3v) is 5.38. The number of likely N-dealkylation sites (tertiary alicyclic amines) is 1. The van der Waals surface area contributed by atoms with Crippen LogP contribution in [0.3, 0.4) is 0 Å². The lowest BCUT2D eigenvalue weighted by Gasteiger charge is -2.36. The molecule has 2 amide bonds. The molecule has 1 atom stereocenters. The molecule has 3 rings (SSSR count). The van der Waals surface area contributed by atoms with E-state index in [2.05, 4.69) is 0 Å². The van der Waals surface area contributed by atoms with Gasteiger partial charge in [0.05, 0.1) is 19.3 Å². The van der Waals surface area contributed by atoms with Crippen molar-refractivity contribution in [3.63, 3.8) is 0 Å². The molecular weight excluding hydrogens is 346 g/mol. The minimum absolute atomic E-state index is 0.0253. The van der Waals surface area contributed by atoms with Crippen LogP contribution in [0.5, 0.6) is 0 Å². The number of aryl methyl sites for hydroxylation is 1. The van der Waals surface area contributed by atoms with Gasteiger partial charge in [0.25, 0.3) is 5.56 Å². The summed E-state index contributed by atoms with van der Waals surface area (Å²) in [7, 11) is 0. The summed E-state index contributed by atoms with van der Waals surface area (Å²) in [6.07, 6.45) is 6.73. The number of ether oxygens (including phenoxy) is 1. The molecule has 2 saturated heterocycles. The third-order valence-electron chi connectivity index (χ3n) is 5.38. The van der Waals surface area contributed by atoms with E-state index >= 15 is 0 Å². The minimum Gasteiger partial charge on any atom is -0.377 e. The average Bonchev–Trinajstić information content (AvgIpc) is 2.97. The fraction of sp³-hybridized carbons (Fsp3) is 0.650. The largest absolute Gasteiger partial charge is 0.377 e. The number of aromatic nitrogens is 1. The van der Waals surface area contributed by atoms with Crippen LogP contribution in [0.25, 0.3) is 0 Å². The smallest absolute Gasteiger partial charge is 0.250 e. The van der Waals surface area contributed by atoms with E-state index in [4.69, 9.17) is 4.74 Å². The molecule has 0 N–H and O–H groups in total. The van der Waals surface area contributed by atoms with E-state index in [-0.39, 0.29) is 29.8 Å². The van der Waals surface area contributed by atoms with Crippen LogP contribution in [-0.4, -0.2) is 65.1 Å². The molecule has 148 valence electrons. The molecule has 0 spiro atoms. The number of hydrogen-bond donors (Lipinski definition) is 0. The second-order valence-corrected chi connectivity index (χ2v) is 7.30. The summed E-state index contributed by atoms with van der Waals surface area (Å²) >= 11 is 0. The van der Waals surface area contributed by atoms with Crippen molar-refractivity contribution in [3.8, 4) is 0 Å². The first-order valence-corrected chi connectivity index (χ1v) is 9.95. The molecule has 0 aromatic carbocycles. The van der Waals surface area contributed by atoms with Crippen LogP contribution in [0.15, 0.2) is 29.2 Å². The predicted octanol–water partition coefficient (Wildman–Crippen LogP) is 1.26. The predicted molar refractivity (Wildman–Crippen MR) is 101 cm³/mol. The molecule has 0 saturated carbocycles. The van der Waals surface area contributed by atoms with Crippen molar-refractivity contribution in [2.24, 2.45) is 0 Å². The zero-order valence-electron chi connectivity index (χ0n) is 15.8. The Balaban J connectivity index is 1.57. The summed E-state index contributed by atoms with van der Waals surface area (Å²) in [4.78, 5) is 40.9. The maximum Gasteiger partial charge on any atom is 0.250 e. The van der Waals surface area contributed by atoms with E-state index in [1.165, 1.54) is 23.5 Å². The summed E-state index contributed by atoms with van der Waals surface area (Å²) < 4.78 is 7.07. The van der Waals surface area contributed by atoms with E-state index in [1.807, 2.05) is 4.90 Å². The van der Waals surface area contributed by atoms with Crippen LogP contribution >= 0.6 is 0 Å². The molecule has 1 aromatic heterocycles. The highest BCUT2D eigenvalue weighted by molar-refractivity contribution is 5.80. The summed E-state index contributed by atoms with van der Waals surface area (Å²) in [5, 5.41) is 0.